The van der Waals surface area contributed by atoms with Gasteiger partial charge in [-0.25, -0.2) is 0 Å². The Morgan fingerprint density at radius 3 is 2.57 bits per heavy atom. The quantitative estimate of drug-likeness (QED) is 0.789. The fourth-order valence-electron chi connectivity index (χ4n) is 2.44. The van der Waals surface area contributed by atoms with Crippen molar-refractivity contribution in [2.45, 2.75) is 32.2 Å². The van der Waals surface area contributed by atoms with E-state index in [2.05, 4.69) is 29.6 Å². The molecule has 1 saturated carbocycles. The van der Waals surface area contributed by atoms with Gasteiger partial charge in [0.15, 0.2) is 0 Å². The Balaban J connectivity index is 1.67. The summed E-state index contributed by atoms with van der Waals surface area (Å²) in [5, 5.41) is 4.12. The van der Waals surface area contributed by atoms with Gasteiger partial charge in [-0.05, 0) is 55.0 Å². The molecule has 0 saturated heterocycles. The van der Waals surface area contributed by atoms with Crippen LogP contribution in [0.4, 0.5) is 5.69 Å². The molecule has 0 unspecified atom stereocenters. The van der Waals surface area contributed by atoms with Crippen molar-refractivity contribution in [3.8, 4) is 5.75 Å². The van der Waals surface area contributed by atoms with Crippen LogP contribution in [-0.2, 0) is 6.54 Å². The van der Waals surface area contributed by atoms with Gasteiger partial charge in [-0.2, -0.15) is 0 Å². The van der Waals surface area contributed by atoms with Gasteiger partial charge in [-0.15, -0.1) is 0 Å². The molecule has 2 nitrogen and oxygen atoms in total. The van der Waals surface area contributed by atoms with E-state index in [1.165, 1.54) is 24.0 Å². The predicted octanol–water partition coefficient (Wildman–Crippen LogP) is 5.23. The molecule has 2 aromatic rings. The maximum Gasteiger partial charge on any atom is 0.142 e. The molecule has 0 atom stereocenters. The highest BCUT2D eigenvalue weighted by atomic mass is 35.5. The number of ether oxygens (including phenoxy) is 1. The maximum absolute atomic E-state index is 6.07. The lowest BCUT2D eigenvalue weighted by atomic mass is 10.1. The minimum Gasteiger partial charge on any atom is -0.492 e. The summed E-state index contributed by atoms with van der Waals surface area (Å²) >= 11 is 6.07. The van der Waals surface area contributed by atoms with Crippen LogP contribution in [0, 0.1) is 0 Å². The Kier molecular flexibility index (Phi) is 4.35. The Labute approximate surface area is 131 Å². The first-order chi connectivity index (χ1) is 10.3. The topological polar surface area (TPSA) is 21.3 Å². The van der Waals surface area contributed by atoms with Crippen LogP contribution in [0.25, 0.3) is 0 Å². The average Bonchev–Trinajstić information content (AvgIpc) is 3.33. The Morgan fingerprint density at radius 2 is 1.90 bits per heavy atom. The first-order valence-corrected chi connectivity index (χ1v) is 7.89. The van der Waals surface area contributed by atoms with Gasteiger partial charge in [0.05, 0.1) is 12.3 Å². The molecule has 3 heteroatoms. The highest BCUT2D eigenvalue weighted by Gasteiger charge is 2.22. The molecular formula is C18H20ClNO. The number of hydrogen-bond donors (Lipinski definition) is 1. The molecule has 1 aliphatic carbocycles. The summed E-state index contributed by atoms with van der Waals surface area (Å²) < 4.78 is 5.62. The molecule has 0 amide bonds. The fourth-order valence-corrected chi connectivity index (χ4v) is 2.62. The van der Waals surface area contributed by atoms with Crippen molar-refractivity contribution in [1.82, 2.24) is 0 Å². The van der Waals surface area contributed by atoms with Gasteiger partial charge >= 0.3 is 0 Å². The van der Waals surface area contributed by atoms with Gasteiger partial charge < -0.3 is 10.1 Å². The van der Waals surface area contributed by atoms with Crippen LogP contribution in [0.3, 0.4) is 0 Å². The van der Waals surface area contributed by atoms with Gasteiger partial charge in [0.2, 0.25) is 0 Å². The van der Waals surface area contributed by atoms with Crippen LogP contribution in [0.15, 0.2) is 42.5 Å². The van der Waals surface area contributed by atoms with Crippen molar-refractivity contribution >= 4 is 17.3 Å². The number of rotatable bonds is 6. The SMILES string of the molecule is CCOc1ccc(Cl)cc1NCc1ccc(C2CC2)cc1. The predicted molar refractivity (Wildman–Crippen MR) is 88.4 cm³/mol. The van der Waals surface area contributed by atoms with Crippen molar-refractivity contribution in [2.24, 2.45) is 0 Å². The van der Waals surface area contributed by atoms with Crippen LogP contribution < -0.4 is 10.1 Å². The zero-order valence-corrected chi connectivity index (χ0v) is 13.0. The number of nitrogens with one attached hydrogen (secondary N) is 1. The molecule has 0 aliphatic heterocycles. The van der Waals surface area contributed by atoms with Gasteiger partial charge in [0, 0.05) is 11.6 Å². The monoisotopic (exact) mass is 301 g/mol. The van der Waals surface area contributed by atoms with E-state index in [4.69, 9.17) is 16.3 Å². The number of benzene rings is 2. The molecule has 1 fully saturated rings. The highest BCUT2D eigenvalue weighted by molar-refractivity contribution is 6.30. The third-order valence-electron chi connectivity index (χ3n) is 3.75. The summed E-state index contributed by atoms with van der Waals surface area (Å²) in [6, 6.07) is 14.6. The van der Waals surface area contributed by atoms with E-state index in [0.717, 1.165) is 23.9 Å². The normalized spacial score (nSPS) is 14.0. The van der Waals surface area contributed by atoms with Crippen molar-refractivity contribution < 1.29 is 4.74 Å². The van der Waals surface area contributed by atoms with E-state index < -0.39 is 0 Å². The van der Waals surface area contributed by atoms with Crippen LogP contribution in [0.1, 0.15) is 36.8 Å². The second kappa shape index (κ2) is 6.40. The summed E-state index contributed by atoms with van der Waals surface area (Å²) in [6.45, 7) is 3.40. The molecule has 1 aliphatic rings. The van der Waals surface area contributed by atoms with E-state index in [0.29, 0.717) is 11.6 Å². The fraction of sp³-hybridized carbons (Fsp3) is 0.333. The summed E-state index contributed by atoms with van der Waals surface area (Å²) in [5.41, 5.74) is 3.67. The number of halogens is 1. The first kappa shape index (κ1) is 14.3. The highest BCUT2D eigenvalue weighted by Crippen LogP contribution is 2.40. The van der Waals surface area contributed by atoms with Crippen molar-refractivity contribution in [1.29, 1.82) is 0 Å². The van der Waals surface area contributed by atoms with Gasteiger partial charge in [-0.3, -0.25) is 0 Å². The van der Waals surface area contributed by atoms with Crippen LogP contribution in [0.2, 0.25) is 5.02 Å². The first-order valence-electron chi connectivity index (χ1n) is 7.51. The third-order valence-corrected chi connectivity index (χ3v) is 3.99. The molecule has 3 rings (SSSR count). The Bertz CT molecular complexity index is 605. The van der Waals surface area contributed by atoms with E-state index >= 15 is 0 Å². The van der Waals surface area contributed by atoms with Crippen molar-refractivity contribution in [2.75, 3.05) is 11.9 Å². The molecule has 0 spiro atoms. The lowest BCUT2D eigenvalue weighted by Crippen LogP contribution is -2.03. The molecule has 0 bridgehead atoms. The maximum atomic E-state index is 6.07. The number of hydrogen-bond acceptors (Lipinski definition) is 2. The molecule has 0 heterocycles. The molecule has 21 heavy (non-hydrogen) atoms. The smallest absolute Gasteiger partial charge is 0.142 e. The second-order valence-electron chi connectivity index (χ2n) is 5.44. The van der Waals surface area contributed by atoms with Crippen molar-refractivity contribution in [3.05, 3.63) is 58.6 Å². The number of anilines is 1. The molecule has 110 valence electrons. The molecule has 0 aromatic heterocycles. The standard InChI is InChI=1S/C18H20ClNO/c1-2-21-18-10-9-16(19)11-17(18)20-12-13-3-5-14(6-4-13)15-7-8-15/h3-6,9-11,15,20H,2,7-8,12H2,1H3. The molecule has 1 N–H and O–H groups in total. The van der Waals surface area contributed by atoms with Gasteiger partial charge in [-0.1, -0.05) is 35.9 Å². The minimum absolute atomic E-state index is 0.645. The van der Waals surface area contributed by atoms with Crippen LogP contribution in [0.5, 0.6) is 5.75 Å². The zero-order chi connectivity index (χ0) is 14.7. The molecule has 2 aromatic carbocycles. The molecule has 0 radical (unpaired) electrons. The molecular weight excluding hydrogens is 282 g/mol. The summed E-state index contributed by atoms with van der Waals surface area (Å²) in [6.07, 6.45) is 2.69. The van der Waals surface area contributed by atoms with E-state index in [1.807, 2.05) is 25.1 Å². The van der Waals surface area contributed by atoms with E-state index in [-0.39, 0.29) is 0 Å². The third kappa shape index (κ3) is 3.70. The zero-order valence-electron chi connectivity index (χ0n) is 12.2. The second-order valence-corrected chi connectivity index (χ2v) is 5.88. The van der Waals surface area contributed by atoms with Crippen molar-refractivity contribution in [3.63, 3.8) is 0 Å². The summed E-state index contributed by atoms with van der Waals surface area (Å²) in [4.78, 5) is 0. The van der Waals surface area contributed by atoms with Gasteiger partial charge in [0.1, 0.15) is 5.75 Å². The van der Waals surface area contributed by atoms with Crippen LogP contribution in [-0.4, -0.2) is 6.61 Å². The lowest BCUT2D eigenvalue weighted by Gasteiger charge is -2.13. The Morgan fingerprint density at radius 1 is 1.14 bits per heavy atom. The average molecular weight is 302 g/mol. The van der Waals surface area contributed by atoms with E-state index in [9.17, 15) is 0 Å². The Hall–Kier alpha value is -1.67. The minimum atomic E-state index is 0.645. The van der Waals surface area contributed by atoms with Gasteiger partial charge in [0.25, 0.3) is 0 Å². The van der Waals surface area contributed by atoms with E-state index in [1.54, 1.807) is 0 Å². The summed E-state index contributed by atoms with van der Waals surface area (Å²) in [7, 11) is 0. The summed E-state index contributed by atoms with van der Waals surface area (Å²) in [5.74, 6) is 1.65. The largest absolute Gasteiger partial charge is 0.492 e. The van der Waals surface area contributed by atoms with Crippen LogP contribution >= 0.6 is 11.6 Å². The lowest BCUT2D eigenvalue weighted by molar-refractivity contribution is 0.341.